The Hall–Kier alpha value is -1.22. The highest BCUT2D eigenvalue weighted by Gasteiger charge is 2.56. The van der Waals surface area contributed by atoms with Crippen LogP contribution < -0.4 is 0 Å². The Balaban J connectivity index is 1.48. The molecule has 5 nitrogen and oxygen atoms in total. The van der Waals surface area contributed by atoms with Crippen LogP contribution in [0.5, 0.6) is 0 Å². The molecule has 29 heavy (non-hydrogen) atoms. The van der Waals surface area contributed by atoms with Gasteiger partial charge in [-0.3, -0.25) is 14.5 Å². The van der Waals surface area contributed by atoms with Crippen molar-refractivity contribution in [2.24, 2.45) is 5.92 Å². The molecular weight excluding hydrogens is 422 g/mol. The van der Waals surface area contributed by atoms with Gasteiger partial charge >= 0.3 is 0 Å². The van der Waals surface area contributed by atoms with E-state index in [1.165, 1.54) is 4.90 Å². The third-order valence-corrected chi connectivity index (χ3v) is 11.4. The molecule has 0 spiro atoms. The van der Waals surface area contributed by atoms with Crippen LogP contribution in [0.1, 0.15) is 46.9 Å². The average molecular weight is 450 g/mol. The van der Waals surface area contributed by atoms with Crippen LogP contribution in [0, 0.1) is 5.92 Å². The summed E-state index contributed by atoms with van der Waals surface area (Å²) in [6.45, 7) is 7.52. The minimum Gasteiger partial charge on any atom is -0.479 e. The van der Waals surface area contributed by atoms with Gasteiger partial charge < -0.3 is 9.16 Å². The van der Waals surface area contributed by atoms with Crippen molar-refractivity contribution >= 4 is 48.5 Å². The van der Waals surface area contributed by atoms with Gasteiger partial charge in [-0.2, -0.15) is 0 Å². The number of thiocarbonyl (C=S) groups is 1. The zero-order valence-corrected chi connectivity index (χ0v) is 19.7. The molecule has 1 saturated carbocycles. The smallest absolute Gasteiger partial charge is 0.261 e. The van der Waals surface area contributed by atoms with Crippen LogP contribution >= 0.6 is 24.0 Å². The van der Waals surface area contributed by atoms with Crippen LogP contribution in [0.15, 0.2) is 24.3 Å². The number of thioether (sulfide) groups is 1. The molecule has 0 bridgehead atoms. The van der Waals surface area contributed by atoms with Crippen molar-refractivity contribution in [3.63, 3.8) is 0 Å². The molecule has 1 unspecified atom stereocenters. The summed E-state index contributed by atoms with van der Waals surface area (Å²) in [7, 11) is -1.92. The lowest BCUT2D eigenvalue weighted by Gasteiger charge is -2.30. The summed E-state index contributed by atoms with van der Waals surface area (Å²) in [6.07, 6.45) is 3.19. The molecule has 8 heteroatoms. The number of benzene rings is 1. The molecule has 3 aliphatic rings. The summed E-state index contributed by atoms with van der Waals surface area (Å²) in [6, 6.07) is 7.09. The Kier molecular flexibility index (Phi) is 5.90. The van der Waals surface area contributed by atoms with Crippen molar-refractivity contribution in [1.82, 2.24) is 4.90 Å². The second kappa shape index (κ2) is 8.13. The second-order valence-electron chi connectivity index (χ2n) is 8.46. The number of imide groups is 1. The second-order valence-corrected chi connectivity index (χ2v) is 14.5. The summed E-state index contributed by atoms with van der Waals surface area (Å²) >= 11 is 7.05. The van der Waals surface area contributed by atoms with Crippen LogP contribution in [-0.2, 0) is 9.16 Å². The molecule has 4 rings (SSSR count). The molecule has 1 aromatic carbocycles. The molecule has 1 aliphatic carbocycles. The van der Waals surface area contributed by atoms with Crippen LogP contribution in [-0.4, -0.2) is 53.9 Å². The molecule has 1 saturated heterocycles. The van der Waals surface area contributed by atoms with Crippen LogP contribution in [0.25, 0.3) is 0 Å². The average Bonchev–Trinajstić information content (AvgIpc) is 3.24. The third-order valence-electron chi connectivity index (χ3n) is 6.46. The number of carbonyl (C=O) groups is 2. The Bertz CT molecular complexity index is 811. The van der Waals surface area contributed by atoms with Gasteiger partial charge in [0.1, 0.15) is 0 Å². The monoisotopic (exact) mass is 449 g/mol. The lowest BCUT2D eigenvalue weighted by molar-refractivity contribution is 0.0650. The number of hydrogen-bond donors (Lipinski definition) is 0. The maximum atomic E-state index is 12.7. The zero-order valence-electron chi connectivity index (χ0n) is 17.1. The molecule has 2 fully saturated rings. The van der Waals surface area contributed by atoms with E-state index in [-0.39, 0.29) is 17.9 Å². The number of hydrogen-bond acceptors (Lipinski definition) is 6. The zero-order chi connectivity index (χ0) is 20.8. The molecule has 2 aliphatic heterocycles. The predicted octanol–water partition coefficient (Wildman–Crippen LogP) is 4.48. The first-order chi connectivity index (χ1) is 13.8. The Morgan fingerprint density at radius 2 is 1.90 bits per heavy atom. The fourth-order valence-corrected chi connectivity index (χ4v) is 10.5. The highest BCUT2D eigenvalue weighted by molar-refractivity contribution is 8.23. The highest BCUT2D eigenvalue weighted by Crippen LogP contribution is 2.55. The van der Waals surface area contributed by atoms with Gasteiger partial charge in [0.05, 0.1) is 17.7 Å². The topological polar surface area (TPSA) is 55.8 Å². The molecule has 156 valence electrons. The molecule has 4 atom stereocenters. The van der Waals surface area contributed by atoms with Gasteiger partial charge in [-0.15, -0.1) is 0 Å². The van der Waals surface area contributed by atoms with E-state index in [1.807, 2.05) is 6.92 Å². The van der Waals surface area contributed by atoms with Gasteiger partial charge in [0.15, 0.2) is 8.32 Å². The summed E-state index contributed by atoms with van der Waals surface area (Å²) in [5.41, 5.74) is 1.43. The van der Waals surface area contributed by atoms with Gasteiger partial charge in [-0.05, 0) is 75.1 Å². The lowest BCUT2D eigenvalue weighted by Crippen LogP contribution is -2.38. The maximum absolute atomic E-state index is 12.7. The molecule has 2 heterocycles. The van der Waals surface area contributed by atoms with Gasteiger partial charge in [-0.1, -0.05) is 23.9 Å². The van der Waals surface area contributed by atoms with E-state index in [0.717, 1.165) is 19.3 Å². The minimum absolute atomic E-state index is 0.171. The fraction of sp³-hybridized carbons (Fsp3) is 0.571. The molecule has 0 aromatic heterocycles. The summed E-state index contributed by atoms with van der Waals surface area (Å²) in [4.78, 5) is 26.9. The van der Waals surface area contributed by atoms with Gasteiger partial charge in [-0.25, -0.2) is 0 Å². The first-order valence-electron chi connectivity index (χ1n) is 10.3. The number of ether oxygens (including phenoxy) is 1. The fourth-order valence-electron chi connectivity index (χ4n) is 5.21. The first kappa shape index (κ1) is 21.0. The summed E-state index contributed by atoms with van der Waals surface area (Å²) in [5, 5.41) is 0.389. The van der Waals surface area contributed by atoms with Gasteiger partial charge in [0, 0.05) is 17.9 Å². The quantitative estimate of drug-likeness (QED) is 0.375. The van der Waals surface area contributed by atoms with E-state index in [1.54, 1.807) is 36.0 Å². The summed E-state index contributed by atoms with van der Waals surface area (Å²) < 4.78 is 12.7. The van der Waals surface area contributed by atoms with E-state index in [2.05, 4.69) is 13.1 Å². The number of carbonyl (C=O) groups excluding carboxylic acids is 2. The molecule has 0 radical (unpaired) electrons. The van der Waals surface area contributed by atoms with E-state index in [9.17, 15) is 9.59 Å². The first-order valence-corrected chi connectivity index (χ1v) is 14.6. The molecule has 2 amide bonds. The predicted molar refractivity (Wildman–Crippen MR) is 121 cm³/mol. The highest BCUT2D eigenvalue weighted by atomic mass is 32.2. The van der Waals surface area contributed by atoms with Crippen LogP contribution in [0.2, 0.25) is 18.6 Å². The molecule has 1 aromatic rings. The largest absolute Gasteiger partial charge is 0.479 e. The standard InChI is InChI=1S/C21H27NO4S2Si/c1-4-25-21(27)28-16-10-9-15-18(16)17(29(2,3)26-15)11-12-22-19(23)13-7-5-6-8-14(13)20(22)24/h5-8,15-18H,4,9-12H2,1-3H3/t15-,16-,17?,18-/m0/s1. The van der Waals surface area contributed by atoms with E-state index < -0.39 is 8.32 Å². The Morgan fingerprint density at radius 1 is 1.24 bits per heavy atom. The molecular formula is C21H27NO4S2Si. The van der Waals surface area contributed by atoms with Crippen LogP contribution in [0.3, 0.4) is 0 Å². The van der Waals surface area contributed by atoms with Crippen molar-refractivity contribution in [1.29, 1.82) is 0 Å². The minimum atomic E-state index is -1.92. The van der Waals surface area contributed by atoms with Crippen molar-refractivity contribution in [3.05, 3.63) is 35.4 Å². The van der Waals surface area contributed by atoms with Crippen molar-refractivity contribution in [2.45, 2.75) is 56.2 Å². The maximum Gasteiger partial charge on any atom is 0.261 e. The van der Waals surface area contributed by atoms with Crippen molar-refractivity contribution < 1.29 is 18.8 Å². The third kappa shape index (κ3) is 3.80. The van der Waals surface area contributed by atoms with E-state index in [4.69, 9.17) is 21.4 Å². The van der Waals surface area contributed by atoms with Crippen LogP contribution in [0.4, 0.5) is 0 Å². The SMILES string of the molecule is CCOC(=S)S[C@H]1CC[C@@H]2O[Si](C)(C)C(CCN3C(=O)c4ccccc4C3=O)[C@@H]21. The Labute approximate surface area is 182 Å². The van der Waals surface area contributed by atoms with E-state index >= 15 is 0 Å². The van der Waals surface area contributed by atoms with Gasteiger partial charge in [0.25, 0.3) is 11.8 Å². The number of amides is 2. The van der Waals surface area contributed by atoms with Crippen molar-refractivity contribution in [3.8, 4) is 0 Å². The van der Waals surface area contributed by atoms with Crippen molar-refractivity contribution in [2.75, 3.05) is 13.2 Å². The number of nitrogens with zero attached hydrogens (tertiary/aromatic N) is 1. The van der Waals surface area contributed by atoms with Gasteiger partial charge in [0.2, 0.25) is 4.38 Å². The van der Waals surface area contributed by atoms with E-state index in [0.29, 0.717) is 45.4 Å². The Morgan fingerprint density at radius 3 is 2.52 bits per heavy atom. The normalized spacial score (nSPS) is 29.8. The number of fused-ring (bicyclic) bond motifs is 2. The lowest BCUT2D eigenvalue weighted by atomic mass is 9.98. The summed E-state index contributed by atoms with van der Waals surface area (Å²) in [5.74, 6) is 0.0704. The number of rotatable bonds is 5. The molecule has 0 N–H and O–H groups in total.